The first kappa shape index (κ1) is 15.0. The van der Waals surface area contributed by atoms with Crippen LogP contribution in [0.2, 0.25) is 15.1 Å². The quantitative estimate of drug-likeness (QED) is 0.593. The summed E-state index contributed by atoms with van der Waals surface area (Å²) in [5.41, 5.74) is 0.487. The Morgan fingerprint density at radius 1 is 1.15 bits per heavy atom. The SMILES string of the molecule is COC(=O)c1cc(-c2cc(Cl)c(Cl)cc2Cl)ncc1F. The van der Waals surface area contributed by atoms with Crippen LogP contribution in [0.4, 0.5) is 4.39 Å². The van der Waals surface area contributed by atoms with Crippen molar-refractivity contribution in [1.82, 2.24) is 4.98 Å². The molecule has 2 rings (SSSR count). The molecule has 0 spiro atoms. The Balaban J connectivity index is 2.59. The van der Waals surface area contributed by atoms with Crippen molar-refractivity contribution in [3.8, 4) is 11.3 Å². The van der Waals surface area contributed by atoms with E-state index in [9.17, 15) is 9.18 Å². The highest BCUT2D eigenvalue weighted by Crippen LogP contribution is 2.34. The third kappa shape index (κ3) is 2.87. The number of rotatable bonds is 2. The molecular weight excluding hydrogens is 328 g/mol. The second-order valence-corrected chi connectivity index (χ2v) is 5.01. The van der Waals surface area contributed by atoms with Gasteiger partial charge in [-0.05, 0) is 18.2 Å². The van der Waals surface area contributed by atoms with Crippen LogP contribution in [0.3, 0.4) is 0 Å². The van der Waals surface area contributed by atoms with Gasteiger partial charge in [0.15, 0.2) is 5.82 Å². The molecule has 2 aromatic rings. The monoisotopic (exact) mass is 333 g/mol. The van der Waals surface area contributed by atoms with Crippen molar-refractivity contribution < 1.29 is 13.9 Å². The van der Waals surface area contributed by atoms with Crippen molar-refractivity contribution in [1.29, 1.82) is 0 Å². The number of hydrogen-bond donors (Lipinski definition) is 0. The van der Waals surface area contributed by atoms with Crippen molar-refractivity contribution in [2.24, 2.45) is 0 Å². The fourth-order valence-corrected chi connectivity index (χ4v) is 2.21. The van der Waals surface area contributed by atoms with E-state index in [1.807, 2.05) is 0 Å². The van der Waals surface area contributed by atoms with Crippen molar-refractivity contribution in [3.05, 3.63) is 50.8 Å². The molecule has 1 aromatic heterocycles. The number of hydrogen-bond acceptors (Lipinski definition) is 3. The van der Waals surface area contributed by atoms with E-state index < -0.39 is 11.8 Å². The minimum Gasteiger partial charge on any atom is -0.465 e. The number of methoxy groups -OCH3 is 1. The van der Waals surface area contributed by atoms with E-state index >= 15 is 0 Å². The van der Waals surface area contributed by atoms with Crippen molar-refractivity contribution >= 4 is 40.8 Å². The first-order valence-electron chi connectivity index (χ1n) is 5.32. The number of ether oxygens (including phenoxy) is 1. The molecule has 0 unspecified atom stereocenters. The summed E-state index contributed by atoms with van der Waals surface area (Å²) < 4.78 is 18.0. The summed E-state index contributed by atoms with van der Waals surface area (Å²) in [4.78, 5) is 15.3. The molecule has 104 valence electrons. The second kappa shape index (κ2) is 5.95. The van der Waals surface area contributed by atoms with Crippen LogP contribution in [0.15, 0.2) is 24.4 Å². The highest BCUT2D eigenvalue weighted by Gasteiger charge is 2.16. The Morgan fingerprint density at radius 2 is 1.80 bits per heavy atom. The Bertz CT molecular complexity index is 692. The molecule has 0 aliphatic heterocycles. The van der Waals surface area contributed by atoms with Crippen molar-refractivity contribution in [2.45, 2.75) is 0 Å². The van der Waals surface area contributed by atoms with Crippen LogP contribution in [0.25, 0.3) is 11.3 Å². The summed E-state index contributed by atoms with van der Waals surface area (Å²) in [7, 11) is 1.16. The molecule has 20 heavy (non-hydrogen) atoms. The molecule has 0 atom stereocenters. The average Bonchev–Trinajstić information content (AvgIpc) is 2.43. The first-order valence-corrected chi connectivity index (χ1v) is 6.46. The van der Waals surface area contributed by atoms with E-state index in [0.717, 1.165) is 13.3 Å². The predicted octanol–water partition coefficient (Wildman–Crippen LogP) is 4.63. The highest BCUT2D eigenvalue weighted by molar-refractivity contribution is 6.44. The van der Waals surface area contributed by atoms with E-state index in [-0.39, 0.29) is 26.3 Å². The fourth-order valence-electron chi connectivity index (χ4n) is 1.57. The lowest BCUT2D eigenvalue weighted by molar-refractivity contribution is 0.0595. The predicted molar refractivity (Wildman–Crippen MR) is 76.0 cm³/mol. The molecule has 1 heterocycles. The maximum Gasteiger partial charge on any atom is 0.340 e. The molecule has 0 fully saturated rings. The van der Waals surface area contributed by atoms with E-state index in [2.05, 4.69) is 9.72 Å². The molecule has 0 saturated carbocycles. The van der Waals surface area contributed by atoms with Crippen LogP contribution in [-0.4, -0.2) is 18.1 Å². The Hall–Kier alpha value is -1.36. The highest BCUT2D eigenvalue weighted by atomic mass is 35.5. The van der Waals surface area contributed by atoms with Gasteiger partial charge in [0, 0.05) is 5.56 Å². The third-order valence-corrected chi connectivity index (χ3v) is 3.58. The topological polar surface area (TPSA) is 39.2 Å². The largest absolute Gasteiger partial charge is 0.465 e. The number of halogens is 4. The van der Waals surface area contributed by atoms with Crippen LogP contribution in [0.1, 0.15) is 10.4 Å². The third-order valence-electron chi connectivity index (χ3n) is 2.55. The maximum atomic E-state index is 13.5. The van der Waals surface area contributed by atoms with Gasteiger partial charge in [0.2, 0.25) is 0 Å². The van der Waals surface area contributed by atoms with E-state index in [4.69, 9.17) is 34.8 Å². The number of benzene rings is 1. The number of pyridine rings is 1. The average molecular weight is 335 g/mol. The van der Waals surface area contributed by atoms with Gasteiger partial charge in [-0.3, -0.25) is 4.98 Å². The Morgan fingerprint density at radius 3 is 2.45 bits per heavy atom. The van der Waals surface area contributed by atoms with E-state index in [1.165, 1.54) is 18.2 Å². The van der Waals surface area contributed by atoms with Gasteiger partial charge in [0.1, 0.15) is 0 Å². The number of aromatic nitrogens is 1. The molecule has 0 aliphatic rings. The number of carbonyl (C=O) groups excluding carboxylic acids is 1. The van der Waals surface area contributed by atoms with E-state index in [1.54, 1.807) is 0 Å². The summed E-state index contributed by atoms with van der Waals surface area (Å²) in [6.45, 7) is 0. The first-order chi connectivity index (χ1) is 9.43. The minimum atomic E-state index is -0.803. The lowest BCUT2D eigenvalue weighted by Gasteiger charge is -2.08. The molecule has 0 amide bonds. The van der Waals surface area contributed by atoms with Gasteiger partial charge in [-0.1, -0.05) is 34.8 Å². The Labute approximate surface area is 129 Å². The minimum absolute atomic E-state index is 0.236. The van der Waals surface area contributed by atoms with Gasteiger partial charge in [-0.25, -0.2) is 9.18 Å². The van der Waals surface area contributed by atoms with Gasteiger partial charge in [0.25, 0.3) is 0 Å². The summed E-state index contributed by atoms with van der Waals surface area (Å²) >= 11 is 17.8. The summed E-state index contributed by atoms with van der Waals surface area (Å²) in [5, 5.41) is 0.849. The van der Waals surface area contributed by atoms with Crippen LogP contribution >= 0.6 is 34.8 Å². The Kier molecular flexibility index (Phi) is 4.48. The fraction of sp³-hybridized carbons (Fsp3) is 0.0769. The summed E-state index contributed by atoms with van der Waals surface area (Å²) in [6.07, 6.45) is 0.917. The molecule has 0 N–H and O–H groups in total. The van der Waals surface area contributed by atoms with E-state index in [0.29, 0.717) is 5.56 Å². The van der Waals surface area contributed by atoms with Crippen LogP contribution in [-0.2, 0) is 4.74 Å². The van der Waals surface area contributed by atoms with Gasteiger partial charge in [0.05, 0.1) is 39.6 Å². The number of nitrogens with zero attached hydrogens (tertiary/aromatic N) is 1. The van der Waals surface area contributed by atoms with Crippen LogP contribution < -0.4 is 0 Å². The molecule has 0 radical (unpaired) electrons. The molecule has 0 saturated heterocycles. The molecule has 7 heteroatoms. The zero-order valence-corrected chi connectivity index (χ0v) is 12.4. The number of carbonyl (C=O) groups is 1. The second-order valence-electron chi connectivity index (χ2n) is 3.79. The van der Waals surface area contributed by atoms with Crippen molar-refractivity contribution in [2.75, 3.05) is 7.11 Å². The van der Waals surface area contributed by atoms with Gasteiger partial charge >= 0.3 is 5.97 Å². The standard InChI is InChI=1S/C13H7Cl3FNO2/c1-20-13(19)7-3-12(18-5-11(7)17)6-2-9(15)10(16)4-8(6)14/h2-5H,1H3. The van der Waals surface area contributed by atoms with Gasteiger partial charge in [-0.2, -0.15) is 0 Å². The summed E-state index contributed by atoms with van der Waals surface area (Å²) in [5.74, 6) is -1.58. The zero-order valence-electron chi connectivity index (χ0n) is 10.1. The molecular formula is C13H7Cl3FNO2. The molecule has 0 bridgehead atoms. The smallest absolute Gasteiger partial charge is 0.340 e. The van der Waals surface area contributed by atoms with Crippen LogP contribution in [0.5, 0.6) is 0 Å². The molecule has 1 aromatic carbocycles. The van der Waals surface area contributed by atoms with Crippen molar-refractivity contribution in [3.63, 3.8) is 0 Å². The molecule has 3 nitrogen and oxygen atoms in total. The maximum absolute atomic E-state index is 13.5. The zero-order chi connectivity index (χ0) is 14.9. The summed E-state index contributed by atoms with van der Waals surface area (Å²) in [6, 6.07) is 4.18. The normalized spacial score (nSPS) is 10.4. The van der Waals surface area contributed by atoms with Gasteiger partial charge in [-0.15, -0.1) is 0 Å². The number of esters is 1. The van der Waals surface area contributed by atoms with Gasteiger partial charge < -0.3 is 4.74 Å². The lowest BCUT2D eigenvalue weighted by atomic mass is 10.1. The molecule has 0 aliphatic carbocycles. The van der Waals surface area contributed by atoms with Crippen LogP contribution in [0, 0.1) is 5.82 Å². The lowest BCUT2D eigenvalue weighted by Crippen LogP contribution is -2.05.